The average molecular weight is 244 g/mol. The van der Waals surface area contributed by atoms with Gasteiger partial charge >= 0.3 is 5.97 Å². The maximum atomic E-state index is 12.0. The van der Waals surface area contributed by atoms with E-state index in [2.05, 4.69) is 25.1 Å². The first-order chi connectivity index (χ1) is 8.83. The van der Waals surface area contributed by atoms with E-state index in [1.165, 1.54) is 0 Å². The van der Waals surface area contributed by atoms with Gasteiger partial charge in [0.1, 0.15) is 0 Å². The van der Waals surface area contributed by atoms with Crippen LogP contribution in [-0.4, -0.2) is 12.6 Å². The Labute approximate surface area is 109 Å². The average Bonchev–Trinajstić information content (AvgIpc) is 2.89. The summed E-state index contributed by atoms with van der Waals surface area (Å²) in [4.78, 5) is 12.0. The number of benzene rings is 1. The van der Waals surface area contributed by atoms with Gasteiger partial charge in [0.2, 0.25) is 0 Å². The highest BCUT2D eigenvalue weighted by atomic mass is 16.5. The monoisotopic (exact) mass is 244 g/mol. The molecule has 0 bridgehead atoms. The quantitative estimate of drug-likeness (QED) is 0.581. The number of unbranched alkanes of at least 4 members (excludes halogenated alkanes) is 1. The Kier molecular flexibility index (Phi) is 4.57. The minimum absolute atomic E-state index is 0.0592. The molecule has 2 nitrogen and oxygen atoms in total. The predicted octanol–water partition coefficient (Wildman–Crippen LogP) is 3.82. The van der Waals surface area contributed by atoms with Crippen molar-refractivity contribution in [2.45, 2.75) is 32.6 Å². The molecule has 0 spiro atoms. The summed E-state index contributed by atoms with van der Waals surface area (Å²) in [5.41, 5.74) is 2.28. The first kappa shape index (κ1) is 12.9. The zero-order valence-corrected chi connectivity index (χ0v) is 10.9. The minimum Gasteiger partial charge on any atom is -0.465 e. The molecule has 1 unspecified atom stereocenters. The molecule has 0 aliphatic heterocycles. The molecule has 0 heterocycles. The predicted molar refractivity (Wildman–Crippen MR) is 73.0 cm³/mol. The molecule has 1 aromatic carbocycles. The first-order valence-corrected chi connectivity index (χ1v) is 6.75. The van der Waals surface area contributed by atoms with Crippen molar-refractivity contribution < 1.29 is 9.53 Å². The van der Waals surface area contributed by atoms with Crippen LogP contribution in [0.15, 0.2) is 36.4 Å². The molecule has 1 aliphatic rings. The number of ether oxygens (including phenoxy) is 1. The summed E-state index contributed by atoms with van der Waals surface area (Å²) in [7, 11) is 0. The summed E-state index contributed by atoms with van der Waals surface area (Å²) in [5.74, 6) is -0.125. The fourth-order valence-electron chi connectivity index (χ4n) is 2.32. The smallest absolute Gasteiger partial charge is 0.313 e. The second-order valence-electron chi connectivity index (χ2n) is 4.68. The molecule has 0 N–H and O–H groups in total. The molecule has 0 aromatic heterocycles. The molecule has 18 heavy (non-hydrogen) atoms. The summed E-state index contributed by atoms with van der Waals surface area (Å²) >= 11 is 0. The van der Waals surface area contributed by atoms with E-state index in [9.17, 15) is 4.79 Å². The van der Waals surface area contributed by atoms with Crippen LogP contribution in [0.4, 0.5) is 0 Å². The molecule has 1 aromatic rings. The van der Waals surface area contributed by atoms with Crippen LogP contribution in [0, 0.1) is 5.92 Å². The number of hydrogen-bond acceptors (Lipinski definition) is 2. The third-order valence-electron chi connectivity index (χ3n) is 3.33. The van der Waals surface area contributed by atoms with Crippen molar-refractivity contribution >= 4 is 11.5 Å². The van der Waals surface area contributed by atoms with Crippen LogP contribution < -0.4 is 0 Å². The van der Waals surface area contributed by atoms with Gasteiger partial charge in [-0.3, -0.25) is 4.79 Å². The molecule has 0 amide bonds. The van der Waals surface area contributed by atoms with Crippen LogP contribution in [-0.2, 0) is 9.53 Å². The van der Waals surface area contributed by atoms with Crippen molar-refractivity contribution in [3.8, 4) is 0 Å². The molecular formula is C16H20O2. The second kappa shape index (κ2) is 6.39. The van der Waals surface area contributed by atoms with E-state index in [0.29, 0.717) is 6.61 Å². The van der Waals surface area contributed by atoms with Gasteiger partial charge in [-0.2, -0.15) is 0 Å². The number of esters is 1. The number of rotatable bonds is 5. The van der Waals surface area contributed by atoms with Crippen molar-refractivity contribution in [2.75, 3.05) is 6.61 Å². The van der Waals surface area contributed by atoms with Crippen molar-refractivity contribution in [3.05, 3.63) is 42.0 Å². The van der Waals surface area contributed by atoms with Crippen LogP contribution >= 0.6 is 0 Å². The third kappa shape index (κ3) is 3.00. The lowest BCUT2D eigenvalue weighted by Crippen LogP contribution is -2.17. The summed E-state index contributed by atoms with van der Waals surface area (Å²) in [5, 5.41) is 0. The van der Waals surface area contributed by atoms with Crippen LogP contribution in [0.1, 0.15) is 38.2 Å². The number of allylic oxidation sites excluding steroid dienone is 1. The van der Waals surface area contributed by atoms with E-state index < -0.39 is 0 Å². The van der Waals surface area contributed by atoms with Crippen LogP contribution in [0.3, 0.4) is 0 Å². The highest BCUT2D eigenvalue weighted by Gasteiger charge is 2.28. The van der Waals surface area contributed by atoms with Crippen molar-refractivity contribution in [1.82, 2.24) is 0 Å². The topological polar surface area (TPSA) is 26.3 Å². The van der Waals surface area contributed by atoms with Gasteiger partial charge in [0.05, 0.1) is 12.5 Å². The normalized spacial score (nSPS) is 18.5. The standard InChI is InChI=1S/C16H20O2/c1-2-3-12-18-16(17)15-11-7-10-14(15)13-8-5-4-6-9-13/h4-6,8-10,15H,2-3,7,11-12H2,1H3. The Hall–Kier alpha value is -1.57. The second-order valence-corrected chi connectivity index (χ2v) is 4.68. The molecule has 1 aliphatic carbocycles. The van der Waals surface area contributed by atoms with E-state index in [-0.39, 0.29) is 11.9 Å². The van der Waals surface area contributed by atoms with E-state index in [1.54, 1.807) is 0 Å². The maximum Gasteiger partial charge on any atom is 0.313 e. The molecule has 0 fully saturated rings. The molecule has 0 radical (unpaired) electrons. The minimum atomic E-state index is -0.0655. The Balaban J connectivity index is 2.01. The largest absolute Gasteiger partial charge is 0.465 e. The fraction of sp³-hybridized carbons (Fsp3) is 0.438. The molecule has 96 valence electrons. The Bertz CT molecular complexity index is 420. The number of hydrogen-bond donors (Lipinski definition) is 0. The first-order valence-electron chi connectivity index (χ1n) is 6.75. The Morgan fingerprint density at radius 2 is 2.11 bits per heavy atom. The van der Waals surface area contributed by atoms with Gasteiger partial charge < -0.3 is 4.74 Å². The van der Waals surface area contributed by atoms with Crippen LogP contribution in [0.5, 0.6) is 0 Å². The van der Waals surface area contributed by atoms with Gasteiger partial charge in [-0.25, -0.2) is 0 Å². The van der Waals surface area contributed by atoms with Gasteiger partial charge in [0, 0.05) is 0 Å². The molecule has 2 heteroatoms. The van der Waals surface area contributed by atoms with E-state index in [1.807, 2.05) is 18.2 Å². The van der Waals surface area contributed by atoms with E-state index in [4.69, 9.17) is 4.74 Å². The molecule has 0 saturated heterocycles. The van der Waals surface area contributed by atoms with Gasteiger partial charge in [-0.1, -0.05) is 49.8 Å². The number of carbonyl (C=O) groups is 1. The van der Waals surface area contributed by atoms with Crippen molar-refractivity contribution in [2.24, 2.45) is 5.92 Å². The number of carbonyl (C=O) groups excluding carboxylic acids is 1. The van der Waals surface area contributed by atoms with Crippen molar-refractivity contribution in [1.29, 1.82) is 0 Å². The fourth-order valence-corrected chi connectivity index (χ4v) is 2.32. The molecule has 1 atom stereocenters. The van der Waals surface area contributed by atoms with E-state index >= 15 is 0 Å². The molecule has 2 rings (SSSR count). The lowest BCUT2D eigenvalue weighted by atomic mass is 9.95. The summed E-state index contributed by atoms with van der Waals surface area (Å²) in [6.45, 7) is 2.65. The zero-order chi connectivity index (χ0) is 12.8. The Morgan fingerprint density at radius 1 is 1.33 bits per heavy atom. The molecule has 0 saturated carbocycles. The summed E-state index contributed by atoms with van der Waals surface area (Å²) in [6.07, 6.45) is 6.02. The summed E-state index contributed by atoms with van der Waals surface area (Å²) < 4.78 is 5.34. The third-order valence-corrected chi connectivity index (χ3v) is 3.33. The van der Waals surface area contributed by atoms with Gasteiger partial charge in [0.15, 0.2) is 0 Å². The van der Waals surface area contributed by atoms with Crippen LogP contribution in [0.2, 0.25) is 0 Å². The van der Waals surface area contributed by atoms with Gasteiger partial charge in [0.25, 0.3) is 0 Å². The van der Waals surface area contributed by atoms with Crippen LogP contribution in [0.25, 0.3) is 5.57 Å². The van der Waals surface area contributed by atoms with Gasteiger partial charge in [-0.15, -0.1) is 0 Å². The zero-order valence-electron chi connectivity index (χ0n) is 10.9. The highest BCUT2D eigenvalue weighted by molar-refractivity contribution is 5.89. The maximum absolute atomic E-state index is 12.0. The van der Waals surface area contributed by atoms with E-state index in [0.717, 1.165) is 36.8 Å². The molecular weight excluding hydrogens is 224 g/mol. The summed E-state index contributed by atoms with van der Waals surface area (Å²) in [6, 6.07) is 10.1. The Morgan fingerprint density at radius 3 is 2.83 bits per heavy atom. The van der Waals surface area contributed by atoms with Crippen molar-refractivity contribution in [3.63, 3.8) is 0 Å². The highest BCUT2D eigenvalue weighted by Crippen LogP contribution is 2.34. The SMILES string of the molecule is CCCCOC(=O)C1CCC=C1c1ccccc1. The lowest BCUT2D eigenvalue weighted by Gasteiger charge is -2.14. The lowest BCUT2D eigenvalue weighted by molar-refractivity contribution is -0.146. The van der Waals surface area contributed by atoms with Gasteiger partial charge in [-0.05, 0) is 30.4 Å².